The minimum atomic E-state index is 0.560. The number of aliphatic imine (C=N–C) groups is 2. The summed E-state index contributed by atoms with van der Waals surface area (Å²) in [7, 11) is 0. The zero-order chi connectivity index (χ0) is 15.2. The maximum atomic E-state index is 10.7. The molecular formula is C16H26N4O. The molecule has 1 aliphatic heterocycles. The number of hydrogen-bond acceptors (Lipinski definition) is 3. The summed E-state index contributed by atoms with van der Waals surface area (Å²) in [5, 5.41) is 0. The smallest absolute Gasteiger partial charge is 0.209 e. The molecule has 0 aromatic rings. The van der Waals surface area contributed by atoms with Gasteiger partial charge in [-0.3, -0.25) is 4.79 Å². The number of amides is 1. The van der Waals surface area contributed by atoms with Gasteiger partial charge in [0.05, 0.1) is 0 Å². The summed E-state index contributed by atoms with van der Waals surface area (Å²) >= 11 is 0. The molecule has 0 radical (unpaired) electrons. The van der Waals surface area contributed by atoms with E-state index in [1.165, 1.54) is 18.6 Å². The van der Waals surface area contributed by atoms with Crippen molar-refractivity contribution in [2.24, 2.45) is 21.8 Å². The van der Waals surface area contributed by atoms with Crippen molar-refractivity contribution < 1.29 is 4.79 Å². The van der Waals surface area contributed by atoms with E-state index in [9.17, 15) is 4.79 Å². The second-order valence-electron chi connectivity index (χ2n) is 6.19. The molecule has 0 bridgehead atoms. The fourth-order valence-corrected chi connectivity index (χ4v) is 3.03. The van der Waals surface area contributed by atoms with E-state index in [1.54, 1.807) is 11.2 Å². The summed E-state index contributed by atoms with van der Waals surface area (Å²) in [6.07, 6.45) is 6.09. The number of carbonyl (C=O) groups is 1. The van der Waals surface area contributed by atoms with E-state index in [0.717, 1.165) is 50.7 Å². The van der Waals surface area contributed by atoms with E-state index in [4.69, 9.17) is 0 Å². The van der Waals surface area contributed by atoms with Gasteiger partial charge in [0.2, 0.25) is 6.41 Å². The van der Waals surface area contributed by atoms with Gasteiger partial charge < -0.3 is 9.80 Å². The minimum Gasteiger partial charge on any atom is -0.354 e. The first kappa shape index (κ1) is 15.7. The monoisotopic (exact) mass is 290 g/mol. The van der Waals surface area contributed by atoms with Gasteiger partial charge in [-0.15, -0.1) is 0 Å². The molecule has 1 amide bonds. The first-order valence-corrected chi connectivity index (χ1v) is 7.82. The van der Waals surface area contributed by atoms with Crippen LogP contribution in [0.25, 0.3) is 0 Å². The van der Waals surface area contributed by atoms with Crippen LogP contribution in [0.4, 0.5) is 0 Å². The molecule has 2 rings (SSSR count). The standard InChI is InChI=1S/C16H26N4O/c1-13-4-5-16(14(2)10-13)18-11-17-15(3)20-8-6-19(12-21)7-9-20/h11-14H,3-10H2,1-2H3/b17-11-,18-16?. The Labute approximate surface area is 127 Å². The van der Waals surface area contributed by atoms with Gasteiger partial charge in [-0.1, -0.05) is 20.4 Å². The van der Waals surface area contributed by atoms with Gasteiger partial charge >= 0.3 is 0 Å². The molecule has 1 saturated carbocycles. The van der Waals surface area contributed by atoms with Crippen molar-refractivity contribution >= 4 is 18.5 Å². The number of rotatable bonds is 4. The molecule has 2 atom stereocenters. The Hall–Kier alpha value is -1.65. The van der Waals surface area contributed by atoms with Crippen LogP contribution in [-0.2, 0) is 4.79 Å². The zero-order valence-corrected chi connectivity index (χ0v) is 13.2. The van der Waals surface area contributed by atoms with Gasteiger partial charge in [0.15, 0.2) is 0 Å². The predicted molar refractivity (Wildman–Crippen MR) is 86.5 cm³/mol. The Kier molecular flexibility index (Phi) is 5.53. The molecule has 2 aliphatic rings. The fraction of sp³-hybridized carbons (Fsp3) is 0.688. The molecule has 21 heavy (non-hydrogen) atoms. The molecule has 116 valence electrons. The first-order valence-electron chi connectivity index (χ1n) is 7.82. The Bertz CT molecular complexity index is 436. The largest absolute Gasteiger partial charge is 0.354 e. The van der Waals surface area contributed by atoms with Crippen LogP contribution >= 0.6 is 0 Å². The molecule has 0 N–H and O–H groups in total. The highest BCUT2D eigenvalue weighted by Crippen LogP contribution is 2.26. The Morgan fingerprint density at radius 3 is 2.62 bits per heavy atom. The molecule has 2 unspecified atom stereocenters. The highest BCUT2D eigenvalue weighted by molar-refractivity contribution is 5.92. The molecule has 2 fully saturated rings. The molecule has 0 aromatic heterocycles. The first-order chi connectivity index (χ1) is 10.1. The maximum absolute atomic E-state index is 10.7. The SMILES string of the molecule is C=C(/N=C\N=C1CCC(C)CC1C)N1CCN(C=O)CC1. The molecular weight excluding hydrogens is 264 g/mol. The summed E-state index contributed by atoms with van der Waals surface area (Å²) in [6, 6.07) is 0. The second-order valence-corrected chi connectivity index (χ2v) is 6.19. The molecule has 0 aromatic carbocycles. The lowest BCUT2D eigenvalue weighted by Gasteiger charge is -2.33. The van der Waals surface area contributed by atoms with Gasteiger partial charge in [-0.25, -0.2) is 9.98 Å². The van der Waals surface area contributed by atoms with Gasteiger partial charge in [0.25, 0.3) is 0 Å². The van der Waals surface area contributed by atoms with Crippen LogP contribution in [0.2, 0.25) is 0 Å². The van der Waals surface area contributed by atoms with E-state index in [2.05, 4.69) is 35.3 Å². The molecule has 5 nitrogen and oxygen atoms in total. The van der Waals surface area contributed by atoms with Crippen molar-refractivity contribution in [3.63, 3.8) is 0 Å². The van der Waals surface area contributed by atoms with Crippen molar-refractivity contribution in [1.29, 1.82) is 0 Å². The van der Waals surface area contributed by atoms with Crippen molar-refractivity contribution in [2.45, 2.75) is 33.1 Å². The average Bonchev–Trinajstić information content (AvgIpc) is 2.49. The van der Waals surface area contributed by atoms with E-state index in [0.29, 0.717) is 5.92 Å². The fourth-order valence-electron chi connectivity index (χ4n) is 3.03. The highest BCUT2D eigenvalue weighted by Gasteiger charge is 2.20. The quantitative estimate of drug-likeness (QED) is 0.452. The predicted octanol–water partition coefficient (Wildman–Crippen LogP) is 2.16. The number of carbonyl (C=O) groups excluding carboxylic acids is 1. The van der Waals surface area contributed by atoms with Crippen LogP contribution in [0.5, 0.6) is 0 Å². The summed E-state index contributed by atoms with van der Waals surface area (Å²) in [5.41, 5.74) is 1.26. The van der Waals surface area contributed by atoms with Crippen LogP contribution in [0.15, 0.2) is 22.4 Å². The number of hydrogen-bond donors (Lipinski definition) is 0. The topological polar surface area (TPSA) is 48.3 Å². The van der Waals surface area contributed by atoms with Crippen LogP contribution in [0, 0.1) is 11.8 Å². The number of piperazine rings is 1. The van der Waals surface area contributed by atoms with Crippen molar-refractivity contribution in [2.75, 3.05) is 26.2 Å². The molecule has 0 spiro atoms. The lowest BCUT2D eigenvalue weighted by atomic mass is 9.82. The third kappa shape index (κ3) is 4.41. The normalized spacial score (nSPS) is 29.1. The van der Waals surface area contributed by atoms with E-state index < -0.39 is 0 Å². The minimum absolute atomic E-state index is 0.560. The lowest BCUT2D eigenvalue weighted by molar-refractivity contribution is -0.119. The summed E-state index contributed by atoms with van der Waals surface area (Å²) in [5.74, 6) is 2.10. The Morgan fingerprint density at radius 1 is 1.29 bits per heavy atom. The van der Waals surface area contributed by atoms with Crippen molar-refractivity contribution in [1.82, 2.24) is 9.80 Å². The van der Waals surface area contributed by atoms with Gasteiger partial charge in [0, 0.05) is 31.9 Å². The zero-order valence-electron chi connectivity index (χ0n) is 13.2. The molecule has 1 aliphatic carbocycles. The molecule has 1 heterocycles. The van der Waals surface area contributed by atoms with Crippen LogP contribution in [0.1, 0.15) is 33.1 Å². The third-order valence-corrected chi connectivity index (χ3v) is 4.48. The number of nitrogens with zero attached hydrogens (tertiary/aromatic N) is 4. The van der Waals surface area contributed by atoms with Crippen molar-refractivity contribution in [3.05, 3.63) is 12.4 Å². The van der Waals surface area contributed by atoms with Gasteiger partial charge in [-0.05, 0) is 31.1 Å². The van der Waals surface area contributed by atoms with Gasteiger partial charge in [-0.2, -0.15) is 0 Å². The Balaban J connectivity index is 1.84. The summed E-state index contributed by atoms with van der Waals surface area (Å²) < 4.78 is 0. The molecule has 1 saturated heterocycles. The summed E-state index contributed by atoms with van der Waals surface area (Å²) in [6.45, 7) is 11.6. The molecule has 5 heteroatoms. The van der Waals surface area contributed by atoms with E-state index in [1.807, 2.05) is 0 Å². The maximum Gasteiger partial charge on any atom is 0.209 e. The Morgan fingerprint density at radius 2 is 2.00 bits per heavy atom. The summed E-state index contributed by atoms with van der Waals surface area (Å²) in [4.78, 5) is 23.4. The third-order valence-electron chi connectivity index (χ3n) is 4.48. The van der Waals surface area contributed by atoms with Crippen LogP contribution < -0.4 is 0 Å². The van der Waals surface area contributed by atoms with Gasteiger partial charge in [0.1, 0.15) is 12.2 Å². The van der Waals surface area contributed by atoms with Crippen molar-refractivity contribution in [3.8, 4) is 0 Å². The van der Waals surface area contributed by atoms with Crippen LogP contribution in [0.3, 0.4) is 0 Å². The highest BCUT2D eigenvalue weighted by atomic mass is 16.1. The lowest BCUT2D eigenvalue weighted by Crippen LogP contribution is -2.44. The van der Waals surface area contributed by atoms with E-state index >= 15 is 0 Å². The average molecular weight is 290 g/mol. The van der Waals surface area contributed by atoms with E-state index in [-0.39, 0.29) is 0 Å². The second kappa shape index (κ2) is 7.38. The van der Waals surface area contributed by atoms with Crippen LogP contribution in [-0.4, -0.2) is 54.4 Å².